The van der Waals surface area contributed by atoms with Crippen LogP contribution in [0, 0.1) is 16.7 Å². The molecule has 0 amide bonds. The maximum atomic E-state index is 2.46. The van der Waals surface area contributed by atoms with Crippen LogP contribution in [0.2, 0.25) is 0 Å². The van der Waals surface area contributed by atoms with Crippen LogP contribution in [0.3, 0.4) is 0 Å². The van der Waals surface area contributed by atoms with Crippen molar-refractivity contribution in [2.45, 2.75) is 40.0 Å². The monoisotopic (exact) mass is 124 g/mol. The number of hydrogen-bond acceptors (Lipinski definition) is 0. The topological polar surface area (TPSA) is 0 Å². The summed E-state index contributed by atoms with van der Waals surface area (Å²) in [7, 11) is 0. The molecule has 0 aromatic rings. The van der Waals surface area contributed by atoms with Gasteiger partial charge in [0.15, 0.2) is 0 Å². The summed E-state index contributed by atoms with van der Waals surface area (Å²) >= 11 is 0. The van der Waals surface area contributed by atoms with Gasteiger partial charge in [0.2, 0.25) is 0 Å². The second-order valence-electron chi connectivity index (χ2n) is 4.04. The van der Waals surface area contributed by atoms with Crippen LogP contribution >= 0.6 is 0 Å². The lowest BCUT2D eigenvalue weighted by atomic mass is 9.86. The predicted octanol–water partition coefficient (Wildman–Crippen LogP) is 2.83. The summed E-state index contributed by atoms with van der Waals surface area (Å²) in [5.41, 5.74) is 1.66. The van der Waals surface area contributed by atoms with Crippen molar-refractivity contribution in [2.75, 3.05) is 0 Å². The zero-order valence-corrected chi connectivity index (χ0v) is 6.70. The Labute approximate surface area is 57.6 Å². The normalized spacial score (nSPS) is 61.0. The Hall–Kier alpha value is 0. The van der Waals surface area contributed by atoms with Crippen LogP contribution in [-0.4, -0.2) is 0 Å². The van der Waals surface area contributed by atoms with Crippen LogP contribution < -0.4 is 0 Å². The molecule has 2 fully saturated rings. The van der Waals surface area contributed by atoms with Crippen molar-refractivity contribution in [2.24, 2.45) is 16.7 Å². The highest BCUT2D eigenvalue weighted by atomic mass is 14.9. The largest absolute Gasteiger partial charge is 0.0648 e. The lowest BCUT2D eigenvalue weighted by Crippen LogP contribution is -2.10. The summed E-state index contributed by atoms with van der Waals surface area (Å²) in [5, 5.41) is 0. The average Bonchev–Trinajstić information content (AvgIpc) is 2.71. The first kappa shape index (κ1) is 5.76. The summed E-state index contributed by atoms with van der Waals surface area (Å²) in [6, 6.07) is 0. The van der Waals surface area contributed by atoms with E-state index in [4.69, 9.17) is 0 Å². The number of rotatable bonds is 2. The van der Waals surface area contributed by atoms with Gasteiger partial charge < -0.3 is 0 Å². The van der Waals surface area contributed by atoms with E-state index in [0.29, 0.717) is 0 Å². The maximum Gasteiger partial charge on any atom is -0.0207 e. The Morgan fingerprint density at radius 3 is 2.11 bits per heavy atom. The van der Waals surface area contributed by atoms with Crippen molar-refractivity contribution in [3.8, 4) is 0 Å². The molecule has 0 aromatic heterocycles. The SMILES string of the molecule is CCC1(C)C2CC21CC. The first-order valence-electron chi connectivity index (χ1n) is 4.21. The van der Waals surface area contributed by atoms with Gasteiger partial charge in [0.1, 0.15) is 0 Å². The van der Waals surface area contributed by atoms with Crippen LogP contribution in [0.5, 0.6) is 0 Å². The van der Waals surface area contributed by atoms with Gasteiger partial charge in [-0.25, -0.2) is 0 Å². The van der Waals surface area contributed by atoms with Gasteiger partial charge in [0.05, 0.1) is 0 Å². The van der Waals surface area contributed by atoms with Gasteiger partial charge in [-0.3, -0.25) is 0 Å². The van der Waals surface area contributed by atoms with Crippen molar-refractivity contribution in [1.29, 1.82) is 0 Å². The fraction of sp³-hybridized carbons (Fsp3) is 1.00. The highest BCUT2D eigenvalue weighted by molar-refractivity contribution is 5.31. The minimum absolute atomic E-state index is 0.793. The minimum atomic E-state index is 0.793. The molecule has 0 aliphatic heterocycles. The second-order valence-corrected chi connectivity index (χ2v) is 4.04. The smallest absolute Gasteiger partial charge is 0.0207 e. The van der Waals surface area contributed by atoms with Crippen molar-refractivity contribution in [3.05, 3.63) is 0 Å². The molecule has 52 valence electrons. The third-order valence-corrected chi connectivity index (χ3v) is 4.26. The van der Waals surface area contributed by atoms with E-state index in [-0.39, 0.29) is 0 Å². The Morgan fingerprint density at radius 1 is 1.33 bits per heavy atom. The maximum absolute atomic E-state index is 2.46. The summed E-state index contributed by atoms with van der Waals surface area (Å²) in [5.74, 6) is 1.14. The van der Waals surface area contributed by atoms with E-state index in [9.17, 15) is 0 Å². The van der Waals surface area contributed by atoms with Crippen LogP contribution in [0.1, 0.15) is 40.0 Å². The molecule has 2 aliphatic carbocycles. The highest BCUT2D eigenvalue weighted by Crippen LogP contribution is 2.90. The third-order valence-electron chi connectivity index (χ3n) is 4.26. The Balaban J connectivity index is 2.10. The first-order valence-corrected chi connectivity index (χ1v) is 4.21. The van der Waals surface area contributed by atoms with Gasteiger partial charge in [-0.05, 0) is 36.0 Å². The molecule has 0 aromatic carbocycles. The van der Waals surface area contributed by atoms with Gasteiger partial charge >= 0.3 is 0 Å². The van der Waals surface area contributed by atoms with E-state index in [1.54, 1.807) is 6.42 Å². The van der Waals surface area contributed by atoms with Gasteiger partial charge in [0, 0.05) is 0 Å². The van der Waals surface area contributed by atoms with Crippen LogP contribution in [-0.2, 0) is 0 Å². The van der Waals surface area contributed by atoms with Crippen LogP contribution in [0.15, 0.2) is 0 Å². The Morgan fingerprint density at radius 2 is 2.00 bits per heavy atom. The number of fused-ring (bicyclic) bond motifs is 1. The summed E-state index contributed by atoms with van der Waals surface area (Å²) < 4.78 is 0. The van der Waals surface area contributed by atoms with Crippen molar-refractivity contribution in [1.82, 2.24) is 0 Å². The summed E-state index contributed by atoms with van der Waals surface area (Å²) in [6.07, 6.45) is 4.39. The summed E-state index contributed by atoms with van der Waals surface area (Å²) in [4.78, 5) is 0. The van der Waals surface area contributed by atoms with E-state index in [1.165, 1.54) is 12.8 Å². The zero-order chi connectivity index (χ0) is 6.70. The van der Waals surface area contributed by atoms with E-state index < -0.39 is 0 Å². The molecule has 0 N–H and O–H groups in total. The lowest BCUT2D eigenvalue weighted by molar-refractivity contribution is 0.309. The molecule has 2 rings (SSSR count). The highest BCUT2D eigenvalue weighted by Gasteiger charge is 2.83. The second kappa shape index (κ2) is 1.21. The van der Waals surface area contributed by atoms with Gasteiger partial charge in [-0.1, -0.05) is 20.8 Å². The van der Waals surface area contributed by atoms with E-state index in [1.807, 2.05) is 0 Å². The molecular weight excluding hydrogens is 108 g/mol. The molecule has 0 radical (unpaired) electrons. The number of hydrogen-bond donors (Lipinski definition) is 0. The van der Waals surface area contributed by atoms with E-state index >= 15 is 0 Å². The van der Waals surface area contributed by atoms with Gasteiger partial charge in [-0.15, -0.1) is 0 Å². The molecule has 0 spiro atoms. The molecular formula is C9H16. The van der Waals surface area contributed by atoms with Crippen LogP contribution in [0.4, 0.5) is 0 Å². The molecule has 0 bridgehead atoms. The molecule has 3 atom stereocenters. The lowest BCUT2D eigenvalue weighted by Gasteiger charge is -2.19. The fourth-order valence-electron chi connectivity index (χ4n) is 2.98. The van der Waals surface area contributed by atoms with Crippen molar-refractivity contribution in [3.63, 3.8) is 0 Å². The molecule has 0 heterocycles. The Kier molecular flexibility index (Phi) is 0.774. The minimum Gasteiger partial charge on any atom is -0.0648 e. The molecule has 2 aliphatic rings. The van der Waals surface area contributed by atoms with Crippen molar-refractivity contribution < 1.29 is 0 Å². The fourth-order valence-corrected chi connectivity index (χ4v) is 2.98. The molecule has 0 heteroatoms. The summed E-state index contributed by atoms with van der Waals surface area (Å²) in [6.45, 7) is 7.15. The van der Waals surface area contributed by atoms with Crippen molar-refractivity contribution >= 4 is 0 Å². The van der Waals surface area contributed by atoms with E-state index in [0.717, 1.165) is 16.7 Å². The van der Waals surface area contributed by atoms with Gasteiger partial charge in [-0.2, -0.15) is 0 Å². The molecule has 0 nitrogen and oxygen atoms in total. The Bertz CT molecular complexity index is 140. The molecule has 3 unspecified atom stereocenters. The average molecular weight is 124 g/mol. The predicted molar refractivity (Wildman–Crippen MR) is 39.2 cm³/mol. The first-order chi connectivity index (χ1) is 4.21. The standard InChI is InChI=1S/C9H16/c1-4-8(3)7-6-9(7,8)5-2/h7H,4-6H2,1-3H3. The molecule has 9 heavy (non-hydrogen) atoms. The zero-order valence-electron chi connectivity index (χ0n) is 6.70. The van der Waals surface area contributed by atoms with Crippen LogP contribution in [0.25, 0.3) is 0 Å². The van der Waals surface area contributed by atoms with E-state index in [2.05, 4.69) is 20.8 Å². The quantitative estimate of drug-likeness (QED) is 0.531. The molecule has 2 saturated carbocycles. The molecule has 0 saturated heterocycles. The van der Waals surface area contributed by atoms with Gasteiger partial charge in [0.25, 0.3) is 0 Å². The third kappa shape index (κ3) is 0.367.